The summed E-state index contributed by atoms with van der Waals surface area (Å²) in [5, 5.41) is 7.57. The first-order valence-electron chi connectivity index (χ1n) is 8.79. The summed E-state index contributed by atoms with van der Waals surface area (Å²) >= 11 is 0. The van der Waals surface area contributed by atoms with Crippen LogP contribution in [0, 0.1) is 5.82 Å². The van der Waals surface area contributed by atoms with E-state index in [-0.39, 0.29) is 35.8 Å². The van der Waals surface area contributed by atoms with Crippen LogP contribution in [0.1, 0.15) is 24.1 Å². The number of likely N-dealkylation sites (N-methyl/N-ethyl adjacent to an activating group) is 1. The van der Waals surface area contributed by atoms with Crippen LogP contribution in [0.2, 0.25) is 0 Å². The molecule has 0 saturated carbocycles. The highest BCUT2D eigenvalue weighted by molar-refractivity contribution is 14.0. The minimum atomic E-state index is -0.220. The molecule has 8 heteroatoms. The van der Waals surface area contributed by atoms with Crippen LogP contribution >= 0.6 is 24.0 Å². The summed E-state index contributed by atoms with van der Waals surface area (Å²) in [5.41, 5.74) is 2.04. The number of rotatable bonds is 7. The molecule has 1 unspecified atom stereocenters. The number of hydrogen-bond acceptors (Lipinski definition) is 3. The summed E-state index contributed by atoms with van der Waals surface area (Å²) < 4.78 is 15.2. The van der Waals surface area contributed by atoms with Gasteiger partial charge in [0, 0.05) is 38.9 Å². The maximum atomic E-state index is 13.4. The average molecular weight is 488 g/mol. The van der Waals surface area contributed by atoms with Crippen molar-refractivity contribution in [3.05, 3.63) is 53.6 Å². The van der Waals surface area contributed by atoms with E-state index in [1.54, 1.807) is 16.8 Å². The van der Waals surface area contributed by atoms with Gasteiger partial charge in [0.05, 0.1) is 18.8 Å². The zero-order valence-corrected chi connectivity index (χ0v) is 19.0. The maximum Gasteiger partial charge on any atom is 0.194 e. The first-order chi connectivity index (χ1) is 12.4. The SMILES string of the molecule is CCNC(=NCC(c1cnn(C)c1)N(C)C)N(C)Cc1cccc(F)c1.I. The molecular weight excluding hydrogens is 458 g/mol. The highest BCUT2D eigenvalue weighted by Gasteiger charge is 2.16. The van der Waals surface area contributed by atoms with Crippen molar-refractivity contribution in [3.63, 3.8) is 0 Å². The van der Waals surface area contributed by atoms with E-state index >= 15 is 0 Å². The van der Waals surface area contributed by atoms with Gasteiger partial charge in [-0.15, -0.1) is 24.0 Å². The van der Waals surface area contributed by atoms with Gasteiger partial charge in [-0.3, -0.25) is 9.67 Å². The van der Waals surface area contributed by atoms with Crippen LogP contribution < -0.4 is 5.32 Å². The number of nitrogens with one attached hydrogen (secondary N) is 1. The van der Waals surface area contributed by atoms with Gasteiger partial charge in [-0.1, -0.05) is 12.1 Å². The van der Waals surface area contributed by atoms with Gasteiger partial charge < -0.3 is 15.1 Å². The highest BCUT2D eigenvalue weighted by Crippen LogP contribution is 2.18. The highest BCUT2D eigenvalue weighted by atomic mass is 127. The largest absolute Gasteiger partial charge is 0.357 e. The second-order valence-electron chi connectivity index (χ2n) is 6.61. The average Bonchev–Trinajstić information content (AvgIpc) is 3.00. The van der Waals surface area contributed by atoms with Crippen molar-refractivity contribution in [1.82, 2.24) is 24.9 Å². The van der Waals surface area contributed by atoms with E-state index in [9.17, 15) is 4.39 Å². The number of aliphatic imine (C=N–C) groups is 1. The van der Waals surface area contributed by atoms with Crippen LogP contribution in [0.25, 0.3) is 0 Å². The van der Waals surface area contributed by atoms with E-state index < -0.39 is 0 Å². The predicted molar refractivity (Wildman–Crippen MR) is 119 cm³/mol. The second kappa shape index (κ2) is 11.2. The van der Waals surface area contributed by atoms with Gasteiger partial charge in [0.1, 0.15) is 5.82 Å². The Morgan fingerprint density at radius 2 is 2.07 bits per heavy atom. The van der Waals surface area contributed by atoms with Crippen LogP contribution in [-0.4, -0.2) is 59.8 Å². The third-order valence-corrected chi connectivity index (χ3v) is 4.15. The van der Waals surface area contributed by atoms with E-state index in [4.69, 9.17) is 4.99 Å². The van der Waals surface area contributed by atoms with Crippen molar-refractivity contribution in [3.8, 4) is 0 Å². The molecule has 27 heavy (non-hydrogen) atoms. The molecule has 1 aromatic carbocycles. The lowest BCUT2D eigenvalue weighted by Crippen LogP contribution is -2.39. The quantitative estimate of drug-likeness (QED) is 0.370. The lowest BCUT2D eigenvalue weighted by atomic mass is 10.1. The zero-order valence-electron chi connectivity index (χ0n) is 16.7. The molecule has 0 spiro atoms. The Bertz CT molecular complexity index is 730. The minimum Gasteiger partial charge on any atom is -0.357 e. The molecule has 0 bridgehead atoms. The standard InChI is InChI=1S/C19H29FN6.HI/c1-6-21-19(25(4)13-15-8-7-9-17(20)10-15)22-12-18(24(2)3)16-11-23-26(5)14-16;/h7-11,14,18H,6,12-13H2,1-5H3,(H,21,22);1H. The lowest BCUT2D eigenvalue weighted by molar-refractivity contribution is 0.305. The predicted octanol–water partition coefficient (Wildman–Crippen LogP) is 2.88. The van der Waals surface area contributed by atoms with Crippen molar-refractivity contribution in [1.29, 1.82) is 0 Å². The third kappa shape index (κ3) is 7.10. The Hall–Kier alpha value is -1.68. The summed E-state index contributed by atoms with van der Waals surface area (Å²) in [6.45, 7) is 4.00. The summed E-state index contributed by atoms with van der Waals surface area (Å²) in [4.78, 5) is 8.94. The van der Waals surface area contributed by atoms with E-state index in [0.29, 0.717) is 13.1 Å². The molecule has 150 valence electrons. The Morgan fingerprint density at radius 1 is 1.33 bits per heavy atom. The van der Waals surface area contributed by atoms with Crippen LogP contribution in [0.4, 0.5) is 4.39 Å². The van der Waals surface area contributed by atoms with Crippen molar-refractivity contribution >= 4 is 29.9 Å². The molecule has 1 N–H and O–H groups in total. The normalized spacial score (nSPS) is 12.6. The molecule has 0 aliphatic rings. The molecule has 1 atom stereocenters. The van der Waals surface area contributed by atoms with Gasteiger partial charge in [-0.25, -0.2) is 4.39 Å². The van der Waals surface area contributed by atoms with Crippen LogP contribution in [0.15, 0.2) is 41.7 Å². The summed E-state index contributed by atoms with van der Waals surface area (Å²) in [7, 11) is 7.95. The van der Waals surface area contributed by atoms with Crippen LogP contribution in [0.3, 0.4) is 0 Å². The van der Waals surface area contributed by atoms with E-state index in [2.05, 4.69) is 15.3 Å². The van der Waals surface area contributed by atoms with E-state index in [0.717, 1.165) is 23.6 Å². The van der Waals surface area contributed by atoms with E-state index in [1.807, 2.05) is 58.5 Å². The molecule has 2 rings (SSSR count). The minimum absolute atomic E-state index is 0. The first-order valence-corrected chi connectivity index (χ1v) is 8.79. The Labute approximate surface area is 178 Å². The molecule has 2 aromatic rings. The Morgan fingerprint density at radius 3 is 2.63 bits per heavy atom. The molecule has 0 fully saturated rings. The number of aryl methyl sites for hydroxylation is 1. The van der Waals surface area contributed by atoms with Crippen molar-refractivity contribution < 1.29 is 4.39 Å². The van der Waals surface area contributed by atoms with Gasteiger partial charge in [0.2, 0.25) is 0 Å². The van der Waals surface area contributed by atoms with Crippen LogP contribution in [0.5, 0.6) is 0 Å². The van der Waals surface area contributed by atoms with Gasteiger partial charge in [-0.05, 0) is 38.7 Å². The van der Waals surface area contributed by atoms with E-state index in [1.165, 1.54) is 6.07 Å². The maximum absolute atomic E-state index is 13.4. The number of guanidine groups is 1. The molecular formula is C19H30FIN6. The molecule has 0 aliphatic carbocycles. The fraction of sp³-hybridized carbons (Fsp3) is 0.474. The number of benzene rings is 1. The zero-order chi connectivity index (χ0) is 19.1. The molecule has 0 radical (unpaired) electrons. The fourth-order valence-electron chi connectivity index (χ4n) is 2.81. The first kappa shape index (κ1) is 23.4. The third-order valence-electron chi connectivity index (χ3n) is 4.15. The van der Waals surface area contributed by atoms with Gasteiger partial charge in [-0.2, -0.15) is 5.10 Å². The monoisotopic (exact) mass is 488 g/mol. The summed E-state index contributed by atoms with van der Waals surface area (Å²) in [6.07, 6.45) is 3.90. The fourth-order valence-corrected chi connectivity index (χ4v) is 2.81. The van der Waals surface area contributed by atoms with Gasteiger partial charge in [0.15, 0.2) is 5.96 Å². The van der Waals surface area contributed by atoms with Crippen LogP contribution in [-0.2, 0) is 13.6 Å². The number of halogens is 2. The molecule has 0 aliphatic heterocycles. The van der Waals surface area contributed by atoms with Gasteiger partial charge >= 0.3 is 0 Å². The van der Waals surface area contributed by atoms with Crippen molar-refractivity contribution in [2.24, 2.45) is 12.0 Å². The number of nitrogens with zero attached hydrogens (tertiary/aromatic N) is 5. The van der Waals surface area contributed by atoms with Gasteiger partial charge in [0.25, 0.3) is 0 Å². The molecule has 6 nitrogen and oxygen atoms in total. The number of hydrogen-bond donors (Lipinski definition) is 1. The van der Waals surface area contributed by atoms with Crippen molar-refractivity contribution in [2.45, 2.75) is 19.5 Å². The molecule has 0 saturated heterocycles. The summed E-state index contributed by atoms with van der Waals surface area (Å²) in [6, 6.07) is 6.80. The molecule has 1 heterocycles. The lowest BCUT2D eigenvalue weighted by Gasteiger charge is -2.25. The Balaban J connectivity index is 0.00000364. The smallest absolute Gasteiger partial charge is 0.194 e. The Kier molecular flexibility index (Phi) is 9.71. The summed E-state index contributed by atoms with van der Waals surface area (Å²) in [5.74, 6) is 0.578. The second-order valence-corrected chi connectivity index (χ2v) is 6.61. The van der Waals surface area contributed by atoms with Crippen molar-refractivity contribution in [2.75, 3.05) is 34.2 Å². The number of aromatic nitrogens is 2. The molecule has 1 aromatic heterocycles. The molecule has 0 amide bonds. The topological polar surface area (TPSA) is 48.7 Å².